The van der Waals surface area contributed by atoms with E-state index in [1.807, 2.05) is 6.92 Å². The number of pyridine rings is 1. The molecule has 1 rings (SSSR count). The van der Waals surface area contributed by atoms with Gasteiger partial charge < -0.3 is 9.47 Å². The number of hydrogen-bond donors (Lipinski definition) is 0. The number of carbonyl (C=O) groups is 2. The molecule has 0 fully saturated rings. The molecule has 0 radical (unpaired) electrons. The zero-order valence-corrected chi connectivity index (χ0v) is 10.9. The maximum atomic E-state index is 13.6. The molecule has 0 saturated heterocycles. The van der Waals surface area contributed by atoms with Crippen LogP contribution in [0.1, 0.15) is 31.7 Å². The lowest BCUT2D eigenvalue weighted by molar-refractivity contribution is -0.140. The maximum Gasteiger partial charge on any atom is 0.311 e. The second-order valence-electron chi connectivity index (χ2n) is 3.88. The molecule has 0 saturated carbocycles. The predicted molar refractivity (Wildman–Crippen MR) is 65.1 cm³/mol. The number of aromatic nitrogens is 1. The van der Waals surface area contributed by atoms with E-state index >= 15 is 0 Å². The summed E-state index contributed by atoms with van der Waals surface area (Å²) >= 11 is 0. The van der Waals surface area contributed by atoms with Gasteiger partial charge >= 0.3 is 11.9 Å². The van der Waals surface area contributed by atoms with Crippen molar-refractivity contribution in [2.75, 3.05) is 7.11 Å². The van der Waals surface area contributed by atoms with Gasteiger partial charge in [-0.3, -0.25) is 9.59 Å². The first-order valence-corrected chi connectivity index (χ1v) is 5.99. The Morgan fingerprint density at radius 1 is 1.32 bits per heavy atom. The molecule has 1 heterocycles. The van der Waals surface area contributed by atoms with Crippen LogP contribution in [-0.2, 0) is 20.7 Å². The normalized spacial score (nSPS) is 10.1. The molecule has 1 aromatic heterocycles. The van der Waals surface area contributed by atoms with Gasteiger partial charge in [-0.15, -0.1) is 0 Å². The lowest BCUT2D eigenvalue weighted by Gasteiger charge is -2.09. The van der Waals surface area contributed by atoms with Crippen LogP contribution in [0.2, 0.25) is 0 Å². The number of methoxy groups -OCH3 is 1. The lowest BCUT2D eigenvalue weighted by atomic mass is 10.1. The van der Waals surface area contributed by atoms with E-state index in [0.29, 0.717) is 6.42 Å². The molecule has 0 spiro atoms. The molecule has 0 atom stereocenters. The van der Waals surface area contributed by atoms with Gasteiger partial charge in [0.05, 0.1) is 12.7 Å². The molecule has 0 aliphatic carbocycles. The monoisotopic (exact) mass is 269 g/mol. The van der Waals surface area contributed by atoms with Crippen molar-refractivity contribution in [3.8, 4) is 5.75 Å². The third-order valence-electron chi connectivity index (χ3n) is 2.44. The summed E-state index contributed by atoms with van der Waals surface area (Å²) in [7, 11) is 1.25. The van der Waals surface area contributed by atoms with Gasteiger partial charge in [-0.2, -0.15) is 4.39 Å². The van der Waals surface area contributed by atoms with Crippen LogP contribution >= 0.6 is 0 Å². The predicted octanol–water partition coefficient (Wildman–Crippen LogP) is 2.03. The summed E-state index contributed by atoms with van der Waals surface area (Å²) in [4.78, 5) is 26.0. The maximum absolute atomic E-state index is 13.6. The number of carbonyl (C=O) groups excluding carboxylic acids is 2. The van der Waals surface area contributed by atoms with E-state index in [4.69, 9.17) is 4.74 Å². The highest BCUT2D eigenvalue weighted by atomic mass is 19.1. The second-order valence-corrected chi connectivity index (χ2v) is 3.88. The molecular weight excluding hydrogens is 253 g/mol. The first-order valence-electron chi connectivity index (χ1n) is 5.99. The van der Waals surface area contributed by atoms with Crippen LogP contribution in [0.5, 0.6) is 5.75 Å². The lowest BCUT2D eigenvalue weighted by Crippen LogP contribution is -2.11. The van der Waals surface area contributed by atoms with Crippen LogP contribution in [-0.4, -0.2) is 24.0 Å². The minimum absolute atomic E-state index is 0.00254. The molecule has 6 heteroatoms. The zero-order chi connectivity index (χ0) is 14.3. The van der Waals surface area contributed by atoms with Crippen molar-refractivity contribution in [1.82, 2.24) is 4.98 Å². The van der Waals surface area contributed by atoms with E-state index in [1.165, 1.54) is 19.4 Å². The van der Waals surface area contributed by atoms with E-state index in [9.17, 15) is 14.0 Å². The highest BCUT2D eigenvalue weighted by Gasteiger charge is 2.15. The van der Waals surface area contributed by atoms with Crippen molar-refractivity contribution in [3.63, 3.8) is 0 Å². The fourth-order valence-corrected chi connectivity index (χ4v) is 1.48. The van der Waals surface area contributed by atoms with Crippen molar-refractivity contribution in [2.45, 2.75) is 32.6 Å². The van der Waals surface area contributed by atoms with Gasteiger partial charge in [0.15, 0.2) is 0 Å². The van der Waals surface area contributed by atoms with Gasteiger partial charge in [-0.25, -0.2) is 4.98 Å². The molecular formula is C13H16FNO4. The molecule has 0 N–H and O–H groups in total. The van der Waals surface area contributed by atoms with Gasteiger partial charge in [-0.05, 0) is 18.9 Å². The number of halogens is 1. The average Bonchev–Trinajstić information content (AvgIpc) is 2.38. The summed E-state index contributed by atoms with van der Waals surface area (Å²) in [6, 6.07) is 1.41. The minimum Gasteiger partial charge on any atom is -0.469 e. The third kappa shape index (κ3) is 4.65. The molecule has 0 aliphatic rings. The molecule has 104 valence electrons. The standard InChI is InChI=1S/C13H16FNO4/c1-3-4-12(17)19-10-7-8-15-13(14)9(10)5-6-11(16)18-2/h7-8H,3-6H2,1-2H3. The van der Waals surface area contributed by atoms with E-state index < -0.39 is 17.9 Å². The van der Waals surface area contributed by atoms with Crippen molar-refractivity contribution < 1.29 is 23.5 Å². The Balaban J connectivity index is 2.82. The van der Waals surface area contributed by atoms with E-state index in [0.717, 1.165) is 0 Å². The number of esters is 2. The van der Waals surface area contributed by atoms with Gasteiger partial charge in [0, 0.05) is 19.0 Å². The quantitative estimate of drug-likeness (QED) is 0.584. The summed E-state index contributed by atoms with van der Waals surface area (Å²) < 4.78 is 23.1. The van der Waals surface area contributed by atoms with Crippen molar-refractivity contribution >= 4 is 11.9 Å². The summed E-state index contributed by atoms with van der Waals surface area (Å²) in [5, 5.41) is 0. The number of ether oxygens (including phenoxy) is 2. The zero-order valence-electron chi connectivity index (χ0n) is 10.9. The Bertz CT molecular complexity index is 462. The fraction of sp³-hybridized carbons (Fsp3) is 0.462. The molecule has 19 heavy (non-hydrogen) atoms. The summed E-state index contributed by atoms with van der Waals surface area (Å²) in [6.45, 7) is 1.84. The van der Waals surface area contributed by atoms with Crippen LogP contribution in [0.4, 0.5) is 4.39 Å². The number of nitrogens with zero attached hydrogens (tertiary/aromatic N) is 1. The smallest absolute Gasteiger partial charge is 0.311 e. The Morgan fingerprint density at radius 3 is 2.68 bits per heavy atom. The largest absolute Gasteiger partial charge is 0.469 e. The van der Waals surface area contributed by atoms with Gasteiger partial charge in [-0.1, -0.05) is 6.92 Å². The van der Waals surface area contributed by atoms with Crippen LogP contribution in [0, 0.1) is 5.95 Å². The first-order chi connectivity index (χ1) is 9.08. The van der Waals surface area contributed by atoms with Gasteiger partial charge in [0.25, 0.3) is 0 Å². The van der Waals surface area contributed by atoms with Gasteiger partial charge in [0.1, 0.15) is 5.75 Å². The SMILES string of the molecule is CCCC(=O)Oc1ccnc(F)c1CCC(=O)OC. The topological polar surface area (TPSA) is 65.5 Å². The molecule has 5 nitrogen and oxygen atoms in total. The van der Waals surface area contributed by atoms with Crippen LogP contribution in [0.25, 0.3) is 0 Å². The molecule has 0 amide bonds. The van der Waals surface area contributed by atoms with Crippen LogP contribution in [0.15, 0.2) is 12.3 Å². The second kappa shape index (κ2) is 7.45. The Morgan fingerprint density at radius 2 is 2.05 bits per heavy atom. The molecule has 0 unspecified atom stereocenters. The third-order valence-corrected chi connectivity index (χ3v) is 2.44. The number of rotatable bonds is 6. The van der Waals surface area contributed by atoms with E-state index in [2.05, 4.69) is 9.72 Å². The summed E-state index contributed by atoms with van der Waals surface area (Å²) in [5.41, 5.74) is 0.109. The van der Waals surface area contributed by atoms with Crippen LogP contribution in [0.3, 0.4) is 0 Å². The Kier molecular flexibility index (Phi) is 5.92. The molecule has 1 aromatic rings. The first kappa shape index (κ1) is 15.1. The molecule has 0 aliphatic heterocycles. The summed E-state index contributed by atoms with van der Waals surface area (Å²) in [6.07, 6.45) is 2.17. The van der Waals surface area contributed by atoms with Crippen molar-refractivity contribution in [3.05, 3.63) is 23.8 Å². The Labute approximate surface area is 110 Å². The van der Waals surface area contributed by atoms with E-state index in [-0.39, 0.29) is 30.6 Å². The molecule has 0 bridgehead atoms. The highest BCUT2D eigenvalue weighted by molar-refractivity contribution is 5.73. The van der Waals surface area contributed by atoms with Crippen LogP contribution < -0.4 is 4.74 Å². The highest BCUT2D eigenvalue weighted by Crippen LogP contribution is 2.22. The molecule has 0 aromatic carbocycles. The minimum atomic E-state index is -0.745. The fourth-order valence-electron chi connectivity index (χ4n) is 1.48. The summed E-state index contributed by atoms with van der Waals surface area (Å²) in [5.74, 6) is -1.54. The Hall–Kier alpha value is -1.98. The van der Waals surface area contributed by atoms with Crippen molar-refractivity contribution in [2.24, 2.45) is 0 Å². The van der Waals surface area contributed by atoms with Gasteiger partial charge in [0.2, 0.25) is 5.95 Å². The average molecular weight is 269 g/mol. The van der Waals surface area contributed by atoms with E-state index in [1.54, 1.807) is 0 Å². The van der Waals surface area contributed by atoms with Crippen molar-refractivity contribution in [1.29, 1.82) is 0 Å². The number of hydrogen-bond acceptors (Lipinski definition) is 5.